The third-order valence-electron chi connectivity index (χ3n) is 2.47. The zero-order chi connectivity index (χ0) is 12.7. The molecule has 5 heteroatoms. The minimum atomic E-state index is 0.0287. The van der Waals surface area contributed by atoms with Gasteiger partial charge in [0, 0.05) is 31.5 Å². The van der Waals surface area contributed by atoms with Gasteiger partial charge in [0.25, 0.3) is 0 Å². The first-order valence-corrected chi connectivity index (χ1v) is 5.49. The summed E-state index contributed by atoms with van der Waals surface area (Å²) in [5, 5.41) is 16.6. The Morgan fingerprint density at radius 2 is 2.12 bits per heavy atom. The molecule has 0 bridgehead atoms. The maximum atomic E-state index is 9.06. The van der Waals surface area contributed by atoms with Crippen molar-refractivity contribution < 1.29 is 9.84 Å². The Morgan fingerprint density at radius 3 is 2.71 bits per heavy atom. The van der Waals surface area contributed by atoms with Crippen LogP contribution in [-0.4, -0.2) is 44.4 Å². The predicted molar refractivity (Wildman–Crippen MR) is 68.6 cm³/mol. The summed E-state index contributed by atoms with van der Waals surface area (Å²) in [6.45, 7) is 1.76. The van der Waals surface area contributed by atoms with Crippen molar-refractivity contribution >= 4 is 11.5 Å². The van der Waals surface area contributed by atoms with Crippen molar-refractivity contribution in [2.45, 2.75) is 0 Å². The first-order chi connectivity index (χ1) is 8.20. The Morgan fingerprint density at radius 1 is 1.41 bits per heavy atom. The lowest BCUT2D eigenvalue weighted by Gasteiger charge is -2.25. The molecule has 0 atom stereocenters. The molecule has 0 unspecified atom stereocenters. The van der Waals surface area contributed by atoms with E-state index in [-0.39, 0.29) is 12.4 Å². The van der Waals surface area contributed by atoms with Crippen molar-refractivity contribution in [3.63, 3.8) is 0 Å². The molecule has 0 aliphatic rings. The van der Waals surface area contributed by atoms with Crippen molar-refractivity contribution in [2.24, 2.45) is 5.73 Å². The highest BCUT2D eigenvalue weighted by atomic mass is 16.5. The summed E-state index contributed by atoms with van der Waals surface area (Å²) in [7, 11) is 1.63. The average Bonchev–Trinajstić information content (AvgIpc) is 2.34. The summed E-state index contributed by atoms with van der Waals surface area (Å²) in [5.41, 5.74) is 7.07. The van der Waals surface area contributed by atoms with Crippen molar-refractivity contribution in [2.75, 3.05) is 38.3 Å². The van der Waals surface area contributed by atoms with Crippen LogP contribution in [0.3, 0.4) is 0 Å². The van der Waals surface area contributed by atoms with Crippen LogP contribution in [0.2, 0.25) is 0 Å². The zero-order valence-electron chi connectivity index (χ0n) is 10.0. The second kappa shape index (κ2) is 6.88. The molecule has 0 heterocycles. The number of nitrogen functional groups attached to an aromatic ring is 1. The number of amidine groups is 1. The van der Waals surface area contributed by atoms with Crippen molar-refractivity contribution in [3.8, 4) is 0 Å². The number of hydrogen-bond donors (Lipinski definition) is 3. The normalized spacial score (nSPS) is 10.2. The van der Waals surface area contributed by atoms with Gasteiger partial charge in [-0.3, -0.25) is 5.41 Å². The molecule has 5 nitrogen and oxygen atoms in total. The number of ether oxygens (including phenoxy) is 1. The first kappa shape index (κ1) is 13.5. The topological polar surface area (TPSA) is 82.6 Å². The summed E-state index contributed by atoms with van der Waals surface area (Å²) >= 11 is 0. The number of aliphatic hydroxyl groups excluding tert-OH is 1. The van der Waals surface area contributed by atoms with Crippen LogP contribution in [0.15, 0.2) is 24.3 Å². The third-order valence-corrected chi connectivity index (χ3v) is 2.47. The Kier molecular flexibility index (Phi) is 5.45. The number of para-hydroxylation sites is 1. The number of benzene rings is 1. The first-order valence-electron chi connectivity index (χ1n) is 5.49. The van der Waals surface area contributed by atoms with E-state index in [9.17, 15) is 0 Å². The molecular weight excluding hydrogens is 218 g/mol. The molecule has 1 rings (SSSR count). The smallest absolute Gasteiger partial charge is 0.124 e. The molecule has 17 heavy (non-hydrogen) atoms. The molecule has 94 valence electrons. The van der Waals surface area contributed by atoms with E-state index in [1.807, 2.05) is 23.1 Å². The molecule has 0 radical (unpaired) electrons. The highest BCUT2D eigenvalue weighted by molar-refractivity contribution is 6.00. The van der Waals surface area contributed by atoms with Crippen molar-refractivity contribution in [1.82, 2.24) is 0 Å². The summed E-state index contributed by atoms with van der Waals surface area (Å²) in [6, 6.07) is 7.42. The molecule has 0 spiro atoms. The highest BCUT2D eigenvalue weighted by Gasteiger charge is 2.11. The maximum absolute atomic E-state index is 9.06. The quantitative estimate of drug-likeness (QED) is 0.474. The van der Waals surface area contributed by atoms with E-state index in [1.165, 1.54) is 0 Å². The fourth-order valence-electron chi connectivity index (χ4n) is 1.65. The number of aliphatic hydroxyl groups is 1. The minimum Gasteiger partial charge on any atom is -0.395 e. The Hall–Kier alpha value is -1.59. The van der Waals surface area contributed by atoms with Gasteiger partial charge in [0.1, 0.15) is 5.84 Å². The van der Waals surface area contributed by atoms with Crippen LogP contribution in [0.25, 0.3) is 0 Å². The molecule has 0 saturated carbocycles. The second-order valence-corrected chi connectivity index (χ2v) is 3.63. The number of nitrogens with zero attached hydrogens (tertiary/aromatic N) is 1. The number of methoxy groups -OCH3 is 1. The maximum Gasteiger partial charge on any atom is 0.124 e. The van der Waals surface area contributed by atoms with Crippen molar-refractivity contribution in [3.05, 3.63) is 29.8 Å². The van der Waals surface area contributed by atoms with Gasteiger partial charge in [-0.2, -0.15) is 0 Å². The number of rotatable bonds is 7. The number of anilines is 1. The number of hydrogen-bond acceptors (Lipinski definition) is 4. The molecule has 1 aromatic carbocycles. The van der Waals surface area contributed by atoms with Crippen LogP contribution in [0.4, 0.5) is 5.69 Å². The van der Waals surface area contributed by atoms with Gasteiger partial charge in [-0.05, 0) is 12.1 Å². The largest absolute Gasteiger partial charge is 0.395 e. The van der Waals surface area contributed by atoms with E-state index in [0.717, 1.165) is 5.69 Å². The van der Waals surface area contributed by atoms with Gasteiger partial charge in [-0.15, -0.1) is 0 Å². The second-order valence-electron chi connectivity index (χ2n) is 3.63. The Bertz CT molecular complexity index is 369. The van der Waals surface area contributed by atoms with Crippen LogP contribution >= 0.6 is 0 Å². The van der Waals surface area contributed by atoms with Crippen LogP contribution in [-0.2, 0) is 4.74 Å². The van der Waals surface area contributed by atoms with Gasteiger partial charge in [0.05, 0.1) is 13.2 Å². The Labute approximate surface area is 101 Å². The Balaban J connectivity index is 2.95. The molecule has 4 N–H and O–H groups in total. The van der Waals surface area contributed by atoms with Gasteiger partial charge >= 0.3 is 0 Å². The fraction of sp³-hybridized carbons (Fsp3) is 0.417. The van der Waals surface area contributed by atoms with E-state index in [2.05, 4.69) is 0 Å². The van der Waals surface area contributed by atoms with E-state index in [0.29, 0.717) is 25.3 Å². The highest BCUT2D eigenvalue weighted by Crippen LogP contribution is 2.19. The van der Waals surface area contributed by atoms with Crippen LogP contribution < -0.4 is 10.6 Å². The summed E-state index contributed by atoms with van der Waals surface area (Å²) in [6.07, 6.45) is 0. The SMILES string of the molecule is COCCN(CCO)c1ccccc1C(=N)N. The summed E-state index contributed by atoms with van der Waals surface area (Å²) in [5.74, 6) is 0.0287. The van der Waals surface area contributed by atoms with E-state index >= 15 is 0 Å². The van der Waals surface area contributed by atoms with Gasteiger partial charge < -0.3 is 20.5 Å². The third kappa shape index (κ3) is 3.72. The van der Waals surface area contributed by atoms with Crippen LogP contribution in [0.1, 0.15) is 5.56 Å². The predicted octanol–water partition coefficient (Wildman–Crippen LogP) is 0.416. The average molecular weight is 237 g/mol. The minimum absolute atomic E-state index is 0.0287. The fourth-order valence-corrected chi connectivity index (χ4v) is 1.65. The molecule has 0 aliphatic heterocycles. The van der Waals surface area contributed by atoms with Gasteiger partial charge in [-0.1, -0.05) is 12.1 Å². The van der Waals surface area contributed by atoms with E-state index < -0.39 is 0 Å². The van der Waals surface area contributed by atoms with Crippen LogP contribution in [0, 0.1) is 5.41 Å². The molecule has 0 saturated heterocycles. The van der Waals surface area contributed by atoms with E-state index in [4.69, 9.17) is 21.0 Å². The standard InChI is InChI=1S/C12H19N3O2/c1-17-9-7-15(6-8-16)11-5-3-2-4-10(11)12(13)14/h2-5,16H,6-9H2,1H3,(H3,13,14). The number of nitrogens with one attached hydrogen (secondary N) is 1. The van der Waals surface area contributed by atoms with Gasteiger partial charge in [0.15, 0.2) is 0 Å². The lowest BCUT2D eigenvalue weighted by Crippen LogP contribution is -2.32. The molecule has 0 aliphatic carbocycles. The number of nitrogens with two attached hydrogens (primary N) is 1. The van der Waals surface area contributed by atoms with Gasteiger partial charge in [0.2, 0.25) is 0 Å². The van der Waals surface area contributed by atoms with E-state index in [1.54, 1.807) is 13.2 Å². The molecule has 0 amide bonds. The monoisotopic (exact) mass is 237 g/mol. The van der Waals surface area contributed by atoms with Crippen LogP contribution in [0.5, 0.6) is 0 Å². The zero-order valence-corrected chi connectivity index (χ0v) is 10.0. The molecule has 0 aromatic heterocycles. The van der Waals surface area contributed by atoms with Gasteiger partial charge in [-0.25, -0.2) is 0 Å². The lowest BCUT2D eigenvalue weighted by atomic mass is 10.1. The van der Waals surface area contributed by atoms with Crippen molar-refractivity contribution in [1.29, 1.82) is 5.41 Å². The molecule has 0 fully saturated rings. The lowest BCUT2D eigenvalue weighted by molar-refractivity contribution is 0.203. The summed E-state index contributed by atoms with van der Waals surface area (Å²) in [4.78, 5) is 1.96. The molecule has 1 aromatic rings. The summed E-state index contributed by atoms with van der Waals surface area (Å²) < 4.78 is 5.03. The molecular formula is C12H19N3O2.